The Balaban J connectivity index is 1.45. The quantitative estimate of drug-likeness (QED) is 0.856. The van der Waals surface area contributed by atoms with Crippen LogP contribution in [0.4, 0.5) is 5.69 Å². The number of amides is 2. The van der Waals surface area contributed by atoms with Gasteiger partial charge in [-0.3, -0.25) is 9.59 Å². The lowest BCUT2D eigenvalue weighted by Crippen LogP contribution is -2.36. The second kappa shape index (κ2) is 9.53. The molecule has 0 bridgehead atoms. The number of benzene rings is 2. The Morgan fingerprint density at radius 3 is 2.56 bits per heavy atom. The van der Waals surface area contributed by atoms with Gasteiger partial charge in [-0.05, 0) is 43.3 Å². The van der Waals surface area contributed by atoms with Crippen LogP contribution >= 0.6 is 11.6 Å². The second-order valence-electron chi connectivity index (χ2n) is 6.66. The molecule has 1 heterocycles. The van der Waals surface area contributed by atoms with E-state index in [0.717, 1.165) is 31.6 Å². The van der Waals surface area contributed by atoms with Gasteiger partial charge < -0.3 is 15.1 Å². The standard InChI is InChI=1S/C21H24ClN3O2/c22-18-8-4-9-19(16-18)23-20(26)10-13-24-11-5-12-25(15-14-24)21(27)17-6-2-1-3-7-17/h1-4,6-9,16H,5,10-15H2,(H,23,26). The Labute approximate surface area is 164 Å². The van der Waals surface area contributed by atoms with Crippen molar-refractivity contribution in [3.05, 3.63) is 65.2 Å². The van der Waals surface area contributed by atoms with Crippen LogP contribution in [0.1, 0.15) is 23.2 Å². The van der Waals surface area contributed by atoms with Crippen LogP contribution in [0, 0.1) is 0 Å². The van der Waals surface area contributed by atoms with E-state index in [9.17, 15) is 9.59 Å². The van der Waals surface area contributed by atoms with Gasteiger partial charge in [-0.25, -0.2) is 0 Å². The highest BCUT2D eigenvalue weighted by atomic mass is 35.5. The molecule has 3 rings (SSSR count). The van der Waals surface area contributed by atoms with E-state index in [2.05, 4.69) is 10.2 Å². The molecule has 0 aromatic heterocycles. The molecule has 27 heavy (non-hydrogen) atoms. The molecule has 0 unspecified atom stereocenters. The van der Waals surface area contributed by atoms with Gasteiger partial charge >= 0.3 is 0 Å². The van der Waals surface area contributed by atoms with E-state index in [1.54, 1.807) is 12.1 Å². The van der Waals surface area contributed by atoms with E-state index in [4.69, 9.17) is 11.6 Å². The molecule has 1 saturated heterocycles. The molecule has 1 aliphatic heterocycles. The van der Waals surface area contributed by atoms with E-state index in [1.165, 1.54) is 0 Å². The second-order valence-corrected chi connectivity index (χ2v) is 7.10. The molecule has 2 amide bonds. The van der Waals surface area contributed by atoms with Crippen molar-refractivity contribution in [3.63, 3.8) is 0 Å². The fourth-order valence-corrected chi connectivity index (χ4v) is 3.40. The normalized spacial score (nSPS) is 15.2. The molecular formula is C21H24ClN3O2. The van der Waals surface area contributed by atoms with Crippen molar-refractivity contribution in [3.8, 4) is 0 Å². The third-order valence-corrected chi connectivity index (χ3v) is 4.90. The van der Waals surface area contributed by atoms with Crippen LogP contribution in [0.25, 0.3) is 0 Å². The molecule has 0 saturated carbocycles. The molecule has 142 valence electrons. The zero-order chi connectivity index (χ0) is 19.1. The molecule has 2 aromatic rings. The molecular weight excluding hydrogens is 362 g/mol. The number of carbonyl (C=O) groups excluding carboxylic acids is 2. The van der Waals surface area contributed by atoms with Gasteiger partial charge in [-0.1, -0.05) is 35.9 Å². The summed E-state index contributed by atoms with van der Waals surface area (Å²) in [6.07, 6.45) is 1.33. The molecule has 2 aromatic carbocycles. The summed E-state index contributed by atoms with van der Waals surface area (Å²) in [4.78, 5) is 28.9. The maximum atomic E-state index is 12.6. The Morgan fingerprint density at radius 1 is 0.963 bits per heavy atom. The number of nitrogens with zero attached hydrogens (tertiary/aromatic N) is 2. The largest absolute Gasteiger partial charge is 0.337 e. The van der Waals surface area contributed by atoms with E-state index < -0.39 is 0 Å². The third-order valence-electron chi connectivity index (χ3n) is 4.66. The lowest BCUT2D eigenvalue weighted by atomic mass is 10.2. The van der Waals surface area contributed by atoms with Gasteiger partial charge in [0.15, 0.2) is 0 Å². The van der Waals surface area contributed by atoms with Gasteiger partial charge in [-0.15, -0.1) is 0 Å². The molecule has 0 spiro atoms. The fourth-order valence-electron chi connectivity index (χ4n) is 3.21. The summed E-state index contributed by atoms with van der Waals surface area (Å²) in [6.45, 7) is 3.79. The first-order valence-corrected chi connectivity index (χ1v) is 9.62. The zero-order valence-electron chi connectivity index (χ0n) is 15.2. The summed E-state index contributed by atoms with van der Waals surface area (Å²) in [5.41, 5.74) is 1.44. The van der Waals surface area contributed by atoms with E-state index >= 15 is 0 Å². The smallest absolute Gasteiger partial charge is 0.253 e. The van der Waals surface area contributed by atoms with Crippen LogP contribution in [0.15, 0.2) is 54.6 Å². The SMILES string of the molecule is O=C(CCN1CCCN(C(=O)c2ccccc2)CC1)Nc1cccc(Cl)c1. The van der Waals surface area contributed by atoms with Gasteiger partial charge in [0, 0.05) is 48.9 Å². The Hall–Kier alpha value is -2.37. The molecule has 1 aliphatic rings. The van der Waals surface area contributed by atoms with Crippen molar-refractivity contribution in [2.45, 2.75) is 12.8 Å². The minimum Gasteiger partial charge on any atom is -0.337 e. The maximum Gasteiger partial charge on any atom is 0.253 e. The van der Waals surface area contributed by atoms with Crippen molar-refractivity contribution in [2.75, 3.05) is 38.0 Å². The number of nitrogens with one attached hydrogen (secondary N) is 1. The maximum absolute atomic E-state index is 12.6. The predicted molar refractivity (Wildman–Crippen MR) is 108 cm³/mol. The fraction of sp³-hybridized carbons (Fsp3) is 0.333. The Kier molecular flexibility index (Phi) is 6.85. The highest BCUT2D eigenvalue weighted by molar-refractivity contribution is 6.30. The monoisotopic (exact) mass is 385 g/mol. The van der Waals surface area contributed by atoms with E-state index in [-0.39, 0.29) is 11.8 Å². The van der Waals surface area contributed by atoms with Crippen molar-refractivity contribution in [1.82, 2.24) is 9.80 Å². The van der Waals surface area contributed by atoms with Gasteiger partial charge in [0.05, 0.1) is 0 Å². The lowest BCUT2D eigenvalue weighted by Gasteiger charge is -2.22. The number of anilines is 1. The number of halogens is 1. The van der Waals surface area contributed by atoms with Gasteiger partial charge in [0.2, 0.25) is 5.91 Å². The van der Waals surface area contributed by atoms with Crippen LogP contribution in [-0.2, 0) is 4.79 Å². The zero-order valence-corrected chi connectivity index (χ0v) is 16.0. The van der Waals surface area contributed by atoms with Crippen molar-refractivity contribution in [2.24, 2.45) is 0 Å². The van der Waals surface area contributed by atoms with E-state index in [1.807, 2.05) is 47.4 Å². The van der Waals surface area contributed by atoms with Gasteiger partial charge in [0.25, 0.3) is 5.91 Å². The first-order chi connectivity index (χ1) is 13.1. The highest BCUT2D eigenvalue weighted by Gasteiger charge is 2.20. The average Bonchev–Trinajstić information content (AvgIpc) is 2.92. The number of hydrogen-bond donors (Lipinski definition) is 1. The molecule has 1 fully saturated rings. The molecule has 0 aliphatic carbocycles. The summed E-state index contributed by atoms with van der Waals surface area (Å²) >= 11 is 5.94. The molecule has 0 radical (unpaired) electrons. The summed E-state index contributed by atoms with van der Waals surface area (Å²) < 4.78 is 0. The van der Waals surface area contributed by atoms with Gasteiger partial charge in [-0.2, -0.15) is 0 Å². The van der Waals surface area contributed by atoms with E-state index in [0.29, 0.717) is 30.2 Å². The minimum absolute atomic E-state index is 0.0290. The lowest BCUT2D eigenvalue weighted by molar-refractivity contribution is -0.116. The van der Waals surface area contributed by atoms with Crippen LogP contribution in [0.3, 0.4) is 0 Å². The van der Waals surface area contributed by atoms with Crippen LogP contribution < -0.4 is 5.32 Å². The Bertz CT molecular complexity index is 782. The summed E-state index contributed by atoms with van der Waals surface area (Å²) in [6, 6.07) is 16.5. The van der Waals surface area contributed by atoms with Crippen LogP contribution in [0.5, 0.6) is 0 Å². The molecule has 0 atom stereocenters. The summed E-state index contributed by atoms with van der Waals surface area (Å²) in [5, 5.41) is 3.47. The number of rotatable bonds is 5. The van der Waals surface area contributed by atoms with Gasteiger partial charge in [0.1, 0.15) is 0 Å². The minimum atomic E-state index is -0.0290. The first kappa shape index (κ1) is 19.4. The number of hydrogen-bond acceptors (Lipinski definition) is 3. The highest BCUT2D eigenvalue weighted by Crippen LogP contribution is 2.15. The van der Waals surface area contributed by atoms with Crippen LogP contribution in [0.2, 0.25) is 5.02 Å². The average molecular weight is 386 g/mol. The Morgan fingerprint density at radius 2 is 1.78 bits per heavy atom. The topological polar surface area (TPSA) is 52.7 Å². The number of carbonyl (C=O) groups is 2. The third kappa shape index (κ3) is 5.81. The summed E-state index contributed by atoms with van der Waals surface area (Å²) in [7, 11) is 0. The molecule has 6 heteroatoms. The predicted octanol–water partition coefficient (Wildman–Crippen LogP) is 3.52. The van der Waals surface area contributed by atoms with Crippen LogP contribution in [-0.4, -0.2) is 54.3 Å². The first-order valence-electron chi connectivity index (χ1n) is 9.24. The van der Waals surface area contributed by atoms with Crippen molar-refractivity contribution in [1.29, 1.82) is 0 Å². The molecule has 1 N–H and O–H groups in total. The van der Waals surface area contributed by atoms with Crippen molar-refractivity contribution >= 4 is 29.1 Å². The molecule has 5 nitrogen and oxygen atoms in total. The summed E-state index contributed by atoms with van der Waals surface area (Å²) in [5.74, 6) is 0.0508. The van der Waals surface area contributed by atoms with Crippen molar-refractivity contribution < 1.29 is 9.59 Å².